The third kappa shape index (κ3) is 5.94. The van der Waals surface area contributed by atoms with Crippen LogP contribution < -0.4 is 19.9 Å². The van der Waals surface area contributed by atoms with Crippen molar-refractivity contribution in [2.24, 2.45) is 0 Å². The lowest BCUT2D eigenvalue weighted by molar-refractivity contribution is 0.0579. The van der Waals surface area contributed by atoms with Gasteiger partial charge in [0.05, 0.1) is 53.7 Å². The third-order valence-electron chi connectivity index (χ3n) is 7.22. The minimum atomic E-state index is -0.656. The molecule has 42 heavy (non-hydrogen) atoms. The zero-order chi connectivity index (χ0) is 30.2. The number of anilines is 4. The summed E-state index contributed by atoms with van der Waals surface area (Å²) >= 11 is 6.68. The van der Waals surface area contributed by atoms with E-state index in [-0.39, 0.29) is 0 Å². The predicted octanol–water partition coefficient (Wildman–Crippen LogP) is 6.29. The molecule has 0 bridgehead atoms. The number of carbonyl (C=O) groups is 1. The van der Waals surface area contributed by atoms with Crippen LogP contribution in [0.25, 0.3) is 11.3 Å². The standard InChI is InChI=1S/C31H35ClN6O4/c1-30(2,3)42-29(39)38-18-31(4,5)21-14-19(13-20(17-33)27(21)38)23-7-8-34-28(35-23)36-24-15-22(32)25(16-26(24)40-6)37-9-11-41-12-10-37/h7-8,13-16H,9-12,18H2,1-6H3,(H,34,35,36). The fourth-order valence-corrected chi connectivity index (χ4v) is 5.55. The molecule has 0 spiro atoms. The van der Waals surface area contributed by atoms with Crippen LogP contribution in [0.15, 0.2) is 36.5 Å². The number of halogens is 1. The second-order valence-corrected chi connectivity index (χ2v) is 12.4. The van der Waals surface area contributed by atoms with E-state index in [4.69, 9.17) is 30.8 Å². The van der Waals surface area contributed by atoms with E-state index in [1.165, 1.54) is 0 Å². The summed E-state index contributed by atoms with van der Waals surface area (Å²) in [4.78, 5) is 26.0. The van der Waals surface area contributed by atoms with Crippen LogP contribution in [0, 0.1) is 11.3 Å². The molecular weight excluding hydrogens is 556 g/mol. The molecule has 0 radical (unpaired) electrons. The highest BCUT2D eigenvalue weighted by Gasteiger charge is 2.42. The van der Waals surface area contributed by atoms with Crippen molar-refractivity contribution < 1.29 is 19.0 Å². The normalized spacial score (nSPS) is 16.0. The molecule has 220 valence electrons. The van der Waals surface area contributed by atoms with E-state index in [1.807, 2.05) is 46.8 Å². The molecule has 1 aromatic heterocycles. The lowest BCUT2D eigenvalue weighted by Crippen LogP contribution is -2.38. The van der Waals surface area contributed by atoms with E-state index in [0.29, 0.717) is 59.1 Å². The van der Waals surface area contributed by atoms with E-state index in [2.05, 4.69) is 21.3 Å². The quantitative estimate of drug-likeness (QED) is 0.366. The molecule has 5 rings (SSSR count). The summed E-state index contributed by atoms with van der Waals surface area (Å²) in [5, 5.41) is 13.9. The Labute approximate surface area is 251 Å². The van der Waals surface area contributed by atoms with Gasteiger partial charge in [-0.1, -0.05) is 25.4 Å². The van der Waals surface area contributed by atoms with Gasteiger partial charge in [0.1, 0.15) is 17.4 Å². The Hall–Kier alpha value is -4.07. The van der Waals surface area contributed by atoms with Crippen LogP contribution in [0.2, 0.25) is 5.02 Å². The number of nitriles is 1. The van der Waals surface area contributed by atoms with Crippen LogP contribution in [-0.2, 0) is 14.9 Å². The average Bonchev–Trinajstić information content (AvgIpc) is 3.23. The van der Waals surface area contributed by atoms with Crippen LogP contribution >= 0.6 is 11.6 Å². The highest BCUT2D eigenvalue weighted by atomic mass is 35.5. The fraction of sp³-hybridized carbons (Fsp3) is 0.419. The Balaban J connectivity index is 1.47. The highest BCUT2D eigenvalue weighted by Crippen LogP contribution is 2.45. The highest BCUT2D eigenvalue weighted by molar-refractivity contribution is 6.33. The first-order chi connectivity index (χ1) is 19.9. The van der Waals surface area contributed by atoms with Gasteiger partial charge >= 0.3 is 6.09 Å². The van der Waals surface area contributed by atoms with Crippen molar-refractivity contribution in [2.45, 2.75) is 45.6 Å². The lowest BCUT2D eigenvalue weighted by Gasteiger charge is -2.30. The first kappa shape index (κ1) is 29.4. The molecule has 2 aliphatic heterocycles. The van der Waals surface area contributed by atoms with Gasteiger partial charge in [-0.05, 0) is 50.6 Å². The molecule has 3 heterocycles. The maximum absolute atomic E-state index is 13.1. The number of amides is 1. The van der Waals surface area contributed by atoms with E-state index in [0.717, 1.165) is 29.9 Å². The van der Waals surface area contributed by atoms with E-state index < -0.39 is 17.1 Å². The fourth-order valence-electron chi connectivity index (χ4n) is 5.26. The van der Waals surface area contributed by atoms with Gasteiger partial charge in [-0.2, -0.15) is 5.26 Å². The smallest absolute Gasteiger partial charge is 0.414 e. The number of benzene rings is 2. The van der Waals surface area contributed by atoms with E-state index in [1.54, 1.807) is 36.4 Å². The molecule has 0 atom stereocenters. The van der Waals surface area contributed by atoms with Crippen LogP contribution in [0.1, 0.15) is 45.7 Å². The number of nitrogens with zero attached hydrogens (tertiary/aromatic N) is 5. The third-order valence-corrected chi connectivity index (χ3v) is 7.52. The first-order valence-electron chi connectivity index (χ1n) is 13.8. The second kappa shape index (κ2) is 11.3. The number of morpholine rings is 1. The zero-order valence-electron chi connectivity index (χ0n) is 24.7. The maximum Gasteiger partial charge on any atom is 0.414 e. The number of nitrogens with one attached hydrogen (secondary N) is 1. The van der Waals surface area contributed by atoms with Gasteiger partial charge in [-0.3, -0.25) is 4.90 Å². The van der Waals surface area contributed by atoms with Gasteiger partial charge in [-0.25, -0.2) is 14.8 Å². The SMILES string of the molecule is COc1cc(N2CCOCC2)c(Cl)cc1Nc1nccc(-c2cc(C#N)c3c(c2)C(C)(C)CN3C(=O)OC(C)(C)C)n1. The van der Waals surface area contributed by atoms with Crippen LogP contribution in [0.3, 0.4) is 0 Å². The predicted molar refractivity (Wildman–Crippen MR) is 163 cm³/mol. The van der Waals surface area contributed by atoms with Gasteiger partial charge < -0.3 is 24.4 Å². The molecule has 1 amide bonds. The monoisotopic (exact) mass is 590 g/mol. The van der Waals surface area contributed by atoms with Crippen molar-refractivity contribution in [3.8, 4) is 23.1 Å². The minimum Gasteiger partial charge on any atom is -0.494 e. The number of ether oxygens (including phenoxy) is 3. The number of aromatic nitrogens is 2. The molecule has 0 unspecified atom stereocenters. The Morgan fingerprint density at radius 3 is 2.60 bits per heavy atom. The Morgan fingerprint density at radius 2 is 1.93 bits per heavy atom. The molecule has 2 aromatic carbocycles. The lowest BCUT2D eigenvalue weighted by atomic mass is 9.85. The molecule has 0 aliphatic carbocycles. The van der Waals surface area contributed by atoms with Gasteiger partial charge in [0, 0.05) is 42.9 Å². The van der Waals surface area contributed by atoms with Gasteiger partial charge in [0.2, 0.25) is 5.95 Å². The van der Waals surface area contributed by atoms with Gasteiger partial charge in [0.15, 0.2) is 0 Å². The largest absolute Gasteiger partial charge is 0.494 e. The zero-order valence-corrected chi connectivity index (χ0v) is 25.5. The van der Waals surface area contributed by atoms with E-state index >= 15 is 0 Å². The van der Waals surface area contributed by atoms with Gasteiger partial charge in [-0.15, -0.1) is 0 Å². The summed E-state index contributed by atoms with van der Waals surface area (Å²) in [5.41, 5.74) is 3.62. The van der Waals surface area contributed by atoms with Crippen molar-refractivity contribution in [1.82, 2.24) is 9.97 Å². The first-order valence-corrected chi connectivity index (χ1v) is 14.2. The number of methoxy groups -OCH3 is 1. The summed E-state index contributed by atoms with van der Waals surface area (Å²) in [6, 6.07) is 11.5. The summed E-state index contributed by atoms with van der Waals surface area (Å²) < 4.78 is 16.8. The summed E-state index contributed by atoms with van der Waals surface area (Å²) in [6.07, 6.45) is 1.18. The van der Waals surface area contributed by atoms with Crippen molar-refractivity contribution in [3.05, 3.63) is 52.7 Å². The molecule has 2 aliphatic rings. The van der Waals surface area contributed by atoms with Crippen molar-refractivity contribution in [3.63, 3.8) is 0 Å². The van der Waals surface area contributed by atoms with E-state index in [9.17, 15) is 10.1 Å². The van der Waals surface area contributed by atoms with Crippen molar-refractivity contribution >= 4 is 40.7 Å². The molecule has 1 fully saturated rings. The van der Waals surface area contributed by atoms with Crippen LogP contribution in [0.5, 0.6) is 5.75 Å². The van der Waals surface area contributed by atoms with Crippen LogP contribution in [0.4, 0.5) is 27.8 Å². The second-order valence-electron chi connectivity index (χ2n) is 12.0. The number of fused-ring (bicyclic) bond motifs is 1. The topological polar surface area (TPSA) is 113 Å². The number of hydrogen-bond donors (Lipinski definition) is 1. The minimum absolute atomic E-state index is 0.342. The van der Waals surface area contributed by atoms with Gasteiger partial charge in [0.25, 0.3) is 0 Å². The molecular formula is C31H35ClN6O4. The summed E-state index contributed by atoms with van der Waals surface area (Å²) in [5.74, 6) is 0.942. The number of hydrogen-bond acceptors (Lipinski definition) is 9. The maximum atomic E-state index is 13.1. The number of carbonyl (C=O) groups excluding carboxylic acids is 1. The molecule has 0 saturated carbocycles. The summed E-state index contributed by atoms with van der Waals surface area (Å²) in [7, 11) is 1.60. The van der Waals surface area contributed by atoms with Crippen molar-refractivity contribution in [2.75, 3.05) is 55.1 Å². The molecule has 1 saturated heterocycles. The molecule has 1 N–H and O–H groups in total. The Morgan fingerprint density at radius 1 is 1.19 bits per heavy atom. The molecule has 3 aromatic rings. The van der Waals surface area contributed by atoms with Crippen molar-refractivity contribution in [1.29, 1.82) is 5.26 Å². The van der Waals surface area contributed by atoms with Crippen LogP contribution in [-0.4, -0.2) is 61.6 Å². The Kier molecular flexibility index (Phi) is 7.92. The summed E-state index contributed by atoms with van der Waals surface area (Å²) in [6.45, 7) is 12.7. The Bertz CT molecular complexity index is 1560. The molecule has 11 heteroatoms. The average molecular weight is 591 g/mol. The number of rotatable bonds is 5. The molecule has 10 nitrogen and oxygen atoms in total.